The van der Waals surface area contributed by atoms with Crippen LogP contribution < -0.4 is 50.9 Å². The van der Waals surface area contributed by atoms with E-state index in [1.54, 1.807) is 14.2 Å². The Morgan fingerprint density at radius 1 is 0.286 bits per heavy atom. The Morgan fingerprint density at radius 2 is 0.683 bits per heavy atom. The summed E-state index contributed by atoms with van der Waals surface area (Å²) in [6, 6.07) is 156. The number of hydrogen-bond acceptors (Lipinski definition) is 8. The van der Waals surface area contributed by atoms with Gasteiger partial charge in [-0.3, -0.25) is 0 Å². The molecule has 0 aromatic heterocycles. The molecule has 2 heterocycles. The van der Waals surface area contributed by atoms with Gasteiger partial charge in [-0.05, 0) is 263 Å². The molecule has 0 bridgehead atoms. The van der Waals surface area contributed by atoms with E-state index in [1.807, 2.05) is 24.3 Å². The van der Waals surface area contributed by atoms with E-state index in [1.165, 1.54) is 83.3 Å². The molecule has 0 radical (unpaired) electrons. The summed E-state index contributed by atoms with van der Waals surface area (Å²) >= 11 is 0. The van der Waals surface area contributed by atoms with Crippen molar-refractivity contribution < 1.29 is 18.8 Å². The first kappa shape index (κ1) is 78.1. The van der Waals surface area contributed by atoms with Gasteiger partial charge in [0.25, 0.3) is 6.71 Å². The van der Waals surface area contributed by atoms with Gasteiger partial charge in [0.15, 0.2) is 0 Å². The van der Waals surface area contributed by atoms with Crippen molar-refractivity contribution in [1.82, 2.24) is 0 Å². The minimum Gasteiger partial charge on any atom is -0.458 e. The molecule has 4 aliphatic rings. The van der Waals surface area contributed by atoms with Crippen LogP contribution in [0.15, 0.2) is 437 Å². The predicted octanol–water partition coefficient (Wildman–Crippen LogP) is 28.2. The number of ether oxygens (including phenoxy) is 2. The third-order valence-corrected chi connectivity index (χ3v) is 25.7. The predicted molar refractivity (Wildman–Crippen MR) is 526 cm³/mol. The van der Waals surface area contributed by atoms with Crippen molar-refractivity contribution in [3.05, 3.63) is 459 Å². The topological polar surface area (TPSA) is 49.9 Å². The summed E-state index contributed by atoms with van der Waals surface area (Å²) in [5.41, 5.74) is 36.4. The molecule has 22 rings (SSSR count). The number of nitrogens with zero attached hydrogens (tertiary/aromatic N) is 4. The lowest BCUT2D eigenvalue weighted by Gasteiger charge is -2.40. The molecule has 18 aromatic rings. The normalized spacial score (nSPS) is 12.9. The van der Waals surface area contributed by atoms with E-state index >= 15 is 0 Å². The number of para-hydroxylation sites is 4. The second kappa shape index (κ2) is 32.9. The third-order valence-electron chi connectivity index (χ3n) is 25.7. The summed E-state index contributed by atoms with van der Waals surface area (Å²) in [5.74, 6) is 3.19. The lowest BCUT2D eigenvalue weighted by atomic mass is 9.34. The van der Waals surface area contributed by atoms with E-state index in [-0.39, 0.29) is 17.5 Å². The molecule has 0 atom stereocenters. The monoisotopic (exact) mass is 1620 g/mol. The number of anilines is 12. The SMILES string of the molecule is CC1(C)c2cc(N(c3ccccc3)c3ccccc3)ccc2-c2cc3c(cc21)B1c2cc(-c4ccccc4)ccc2N(c2ccc(-c4ccccc4)cc2)c2cccc(c21)O3.COB(OC)c1c(Oc2ccc3c(c2)-c2ccc(N(c4ccccc4)c4ccccc4)cc2C3(C)C)cccc1N(c1ccc(-c2ccccc2)cc1)c1ccc(-c2ccccc2)cc1. The van der Waals surface area contributed by atoms with Crippen LogP contribution in [0.5, 0.6) is 23.0 Å². The van der Waals surface area contributed by atoms with Gasteiger partial charge in [0.05, 0.1) is 0 Å². The molecule has 0 spiro atoms. The molecular weight excluding hydrogens is 1530 g/mol. The number of benzene rings is 18. The fourth-order valence-electron chi connectivity index (χ4n) is 19.5. The van der Waals surface area contributed by atoms with Crippen LogP contribution in [0.4, 0.5) is 68.2 Å². The minimum atomic E-state index is -0.736. The molecule has 0 fully saturated rings. The zero-order chi connectivity index (χ0) is 85.0. The quantitative estimate of drug-likeness (QED) is 0.0743. The maximum atomic E-state index is 7.07. The third kappa shape index (κ3) is 14.2. The zero-order valence-electron chi connectivity index (χ0n) is 71.1. The van der Waals surface area contributed by atoms with Crippen LogP contribution in [0.2, 0.25) is 0 Å². The minimum absolute atomic E-state index is 0.0273. The molecule has 126 heavy (non-hydrogen) atoms. The van der Waals surface area contributed by atoms with Crippen LogP contribution in [0, 0.1) is 0 Å². The lowest BCUT2D eigenvalue weighted by molar-refractivity contribution is 0.291. The Kier molecular flexibility index (Phi) is 20.4. The molecule has 0 saturated heterocycles. The Balaban J connectivity index is 0.000000154. The molecule has 10 heteroatoms. The summed E-state index contributed by atoms with van der Waals surface area (Å²) in [6.45, 7) is 9.37. The van der Waals surface area contributed by atoms with E-state index in [0.717, 1.165) is 113 Å². The average Bonchev–Trinajstić information content (AvgIpc) is 1.09. The highest BCUT2D eigenvalue weighted by molar-refractivity contribution is 6.99. The van der Waals surface area contributed by atoms with Crippen LogP contribution >= 0.6 is 0 Å². The highest BCUT2D eigenvalue weighted by atomic mass is 16.6. The first-order valence-electron chi connectivity index (χ1n) is 43.3. The molecule has 2 aliphatic heterocycles. The molecule has 0 saturated carbocycles. The van der Waals surface area contributed by atoms with E-state index in [4.69, 9.17) is 18.8 Å². The van der Waals surface area contributed by atoms with E-state index < -0.39 is 7.12 Å². The second-order valence-corrected chi connectivity index (χ2v) is 33.7. The summed E-state index contributed by atoms with van der Waals surface area (Å²) in [6.07, 6.45) is 0. The standard InChI is InChI=1S/C59H49BN2O3.C57H41BN2O/c1-59(2)54-39-37-51(41-53(54)52-38-36-50(40-55(52)59)61(46-22-13-7-14-23-46)47-24-15-8-16-25-47)65-57-27-17-26-56(58(57)60(63-3)64-4)62(48-32-28-44(29-33-48)42-18-9-5-10-19-42)49-34-30-45(31-35-49)43-20-11-6-12-21-43;1-57(2)48-35-45(59(42-20-11-5-12-21-42)43-22-13-6-14-23-43)31-32-46(48)47-36-55-51(37-49(47)57)58-50-34-41(39-18-9-4-10-19-39)28-33-52(50)60(53-24-15-25-54(61-55)56(53)58)44-29-26-40(27-30-44)38-16-7-3-8-17-38/h5-41H,1-4H3;3-37H,1-2H3. The Labute approximate surface area is 739 Å². The van der Waals surface area contributed by atoms with Crippen molar-refractivity contribution in [2.75, 3.05) is 33.8 Å². The number of rotatable bonds is 19. The molecule has 0 amide bonds. The van der Waals surface area contributed by atoms with Gasteiger partial charge < -0.3 is 38.4 Å². The smallest absolute Gasteiger partial charge is 0.458 e. The summed E-state index contributed by atoms with van der Waals surface area (Å²) in [5, 5.41) is 0. The van der Waals surface area contributed by atoms with Gasteiger partial charge >= 0.3 is 7.12 Å². The molecular formula is C116H90B2N4O4. The first-order valence-corrected chi connectivity index (χ1v) is 43.3. The molecule has 0 N–H and O–H groups in total. The van der Waals surface area contributed by atoms with Crippen LogP contribution in [-0.4, -0.2) is 28.1 Å². The van der Waals surface area contributed by atoms with Crippen molar-refractivity contribution in [2.24, 2.45) is 0 Å². The largest absolute Gasteiger partial charge is 0.499 e. The van der Waals surface area contributed by atoms with Gasteiger partial charge in [-0.25, -0.2) is 0 Å². The lowest BCUT2D eigenvalue weighted by Crippen LogP contribution is -2.59. The average molecular weight is 1630 g/mol. The van der Waals surface area contributed by atoms with Crippen molar-refractivity contribution in [3.63, 3.8) is 0 Å². The molecule has 604 valence electrons. The van der Waals surface area contributed by atoms with E-state index in [2.05, 4.69) is 460 Å². The van der Waals surface area contributed by atoms with E-state index in [9.17, 15) is 0 Å². The molecule has 8 nitrogen and oxygen atoms in total. The van der Waals surface area contributed by atoms with Crippen LogP contribution in [0.3, 0.4) is 0 Å². The number of fused-ring (bicyclic) bond motifs is 10. The van der Waals surface area contributed by atoms with Gasteiger partial charge in [0, 0.05) is 98.8 Å². The van der Waals surface area contributed by atoms with Crippen molar-refractivity contribution in [3.8, 4) is 89.8 Å². The number of hydrogen-bond donors (Lipinski definition) is 0. The van der Waals surface area contributed by atoms with Crippen LogP contribution in [0.25, 0.3) is 66.8 Å². The van der Waals surface area contributed by atoms with Crippen LogP contribution in [0.1, 0.15) is 49.9 Å². The fraction of sp³-hybridized carbons (Fsp3) is 0.0690. The zero-order valence-corrected chi connectivity index (χ0v) is 71.1. The van der Waals surface area contributed by atoms with Gasteiger partial charge in [-0.2, -0.15) is 0 Å². The van der Waals surface area contributed by atoms with Gasteiger partial charge in [-0.15, -0.1) is 0 Å². The highest BCUT2D eigenvalue weighted by Crippen LogP contribution is 2.55. The second-order valence-electron chi connectivity index (χ2n) is 33.7. The first-order chi connectivity index (χ1) is 61.9. The van der Waals surface area contributed by atoms with E-state index in [0.29, 0.717) is 5.75 Å². The van der Waals surface area contributed by atoms with Crippen LogP contribution in [-0.2, 0) is 20.1 Å². The Hall–Kier alpha value is -15.2. The van der Waals surface area contributed by atoms with Gasteiger partial charge in [-0.1, -0.05) is 307 Å². The molecule has 0 unspecified atom stereocenters. The maximum absolute atomic E-state index is 7.07. The Bertz CT molecular complexity index is 6870. The highest BCUT2D eigenvalue weighted by Gasteiger charge is 2.46. The molecule has 18 aromatic carbocycles. The van der Waals surface area contributed by atoms with Gasteiger partial charge in [0.2, 0.25) is 0 Å². The maximum Gasteiger partial charge on any atom is 0.499 e. The van der Waals surface area contributed by atoms with Crippen molar-refractivity contribution >= 4 is 104 Å². The van der Waals surface area contributed by atoms with Crippen molar-refractivity contribution in [1.29, 1.82) is 0 Å². The summed E-state index contributed by atoms with van der Waals surface area (Å²) in [4.78, 5) is 9.37. The summed E-state index contributed by atoms with van der Waals surface area (Å²) in [7, 11) is 2.60. The Morgan fingerprint density at radius 3 is 1.16 bits per heavy atom. The van der Waals surface area contributed by atoms with Gasteiger partial charge in [0.1, 0.15) is 23.0 Å². The summed E-state index contributed by atoms with van der Waals surface area (Å²) < 4.78 is 26.2. The van der Waals surface area contributed by atoms with Crippen molar-refractivity contribution in [2.45, 2.75) is 38.5 Å². The fourth-order valence-corrected chi connectivity index (χ4v) is 19.5. The molecule has 2 aliphatic carbocycles.